The summed E-state index contributed by atoms with van der Waals surface area (Å²) in [6, 6.07) is 0. The highest BCUT2D eigenvalue weighted by Gasteiger charge is 2.24. The number of hydrogen-bond donors (Lipinski definition) is 2. The van der Waals surface area contributed by atoms with Crippen LogP contribution in [0.3, 0.4) is 0 Å². The summed E-state index contributed by atoms with van der Waals surface area (Å²) in [5.74, 6) is 0. The Morgan fingerprint density at radius 2 is 1.23 bits per heavy atom. The molecule has 2 rings (SSSR count). The normalized spacial score (nSPS) is 21.8. The van der Waals surface area contributed by atoms with E-state index in [1.54, 1.807) is 0 Å². The molecule has 0 aromatic heterocycles. The molecule has 0 saturated carbocycles. The average Bonchev–Trinajstić information content (AvgIpc) is 3.39. The summed E-state index contributed by atoms with van der Waals surface area (Å²) < 4.78 is 19.7. The maximum absolute atomic E-state index is 11.2. The zero-order chi connectivity index (χ0) is 15.6. The van der Waals surface area contributed by atoms with Gasteiger partial charge in [-0.1, -0.05) is 12.8 Å². The molecule has 22 heavy (non-hydrogen) atoms. The summed E-state index contributed by atoms with van der Waals surface area (Å²) in [6.07, 6.45) is 3.16. The van der Waals surface area contributed by atoms with Gasteiger partial charge in [-0.15, -0.1) is 0 Å². The van der Waals surface area contributed by atoms with E-state index in [2.05, 4.69) is 10.6 Å². The molecule has 8 heteroatoms. The van der Waals surface area contributed by atoms with Crippen molar-refractivity contribution in [2.45, 2.75) is 37.9 Å². The largest absolute Gasteiger partial charge is 0.447 e. The van der Waals surface area contributed by atoms with E-state index in [0.29, 0.717) is 39.5 Å². The Bertz CT molecular complexity index is 323. The predicted molar refractivity (Wildman–Crippen MR) is 76.6 cm³/mol. The molecule has 2 aliphatic heterocycles. The number of unbranched alkanes of at least 4 members (excludes halogenated alkanes) is 3. The second-order valence-electron chi connectivity index (χ2n) is 5.38. The number of rotatable bonds is 11. The molecular weight excluding hydrogens is 292 g/mol. The summed E-state index contributed by atoms with van der Waals surface area (Å²) >= 11 is 0. The van der Waals surface area contributed by atoms with Crippen LogP contribution in [0.15, 0.2) is 0 Å². The van der Waals surface area contributed by atoms with Crippen molar-refractivity contribution in [2.24, 2.45) is 0 Å². The van der Waals surface area contributed by atoms with Gasteiger partial charge in [-0.2, -0.15) is 0 Å². The second kappa shape index (κ2) is 9.47. The third kappa shape index (κ3) is 8.68. The van der Waals surface area contributed by atoms with Gasteiger partial charge in [0.2, 0.25) is 0 Å². The van der Waals surface area contributed by atoms with E-state index in [1.807, 2.05) is 0 Å². The fourth-order valence-corrected chi connectivity index (χ4v) is 1.75. The van der Waals surface area contributed by atoms with Gasteiger partial charge >= 0.3 is 12.2 Å². The van der Waals surface area contributed by atoms with Gasteiger partial charge in [-0.3, -0.25) is 0 Å². The quantitative estimate of drug-likeness (QED) is 0.432. The van der Waals surface area contributed by atoms with E-state index in [0.717, 1.165) is 25.7 Å². The molecule has 2 unspecified atom stereocenters. The first-order valence-corrected chi connectivity index (χ1v) is 7.78. The van der Waals surface area contributed by atoms with Crippen LogP contribution in [0.5, 0.6) is 0 Å². The van der Waals surface area contributed by atoms with Crippen molar-refractivity contribution in [3.63, 3.8) is 0 Å². The maximum atomic E-state index is 11.2. The molecule has 2 atom stereocenters. The Hall–Kier alpha value is -1.54. The molecule has 2 saturated heterocycles. The third-order valence-electron chi connectivity index (χ3n) is 3.25. The highest BCUT2D eigenvalue weighted by Crippen LogP contribution is 2.09. The predicted octanol–water partition coefficient (Wildman–Crippen LogP) is 0.797. The number of carbonyl (C=O) groups is 2. The van der Waals surface area contributed by atoms with Crippen LogP contribution in [0.25, 0.3) is 0 Å². The lowest BCUT2D eigenvalue weighted by Crippen LogP contribution is -2.27. The Morgan fingerprint density at radius 3 is 1.59 bits per heavy atom. The summed E-state index contributed by atoms with van der Waals surface area (Å²) in [5.41, 5.74) is 0. The molecule has 2 heterocycles. The lowest BCUT2D eigenvalue weighted by molar-refractivity contribution is 0.135. The average molecular weight is 316 g/mol. The zero-order valence-corrected chi connectivity index (χ0v) is 12.7. The monoisotopic (exact) mass is 316 g/mol. The fraction of sp³-hybridized carbons (Fsp3) is 0.857. The van der Waals surface area contributed by atoms with Crippen LogP contribution in [0.1, 0.15) is 25.7 Å². The van der Waals surface area contributed by atoms with Gasteiger partial charge in [0, 0.05) is 13.1 Å². The van der Waals surface area contributed by atoms with Crippen molar-refractivity contribution in [3.05, 3.63) is 0 Å². The zero-order valence-electron chi connectivity index (χ0n) is 12.7. The molecule has 0 aliphatic carbocycles. The Morgan fingerprint density at radius 1 is 0.818 bits per heavy atom. The van der Waals surface area contributed by atoms with Crippen molar-refractivity contribution < 1.29 is 28.5 Å². The van der Waals surface area contributed by atoms with E-state index >= 15 is 0 Å². The first-order valence-electron chi connectivity index (χ1n) is 7.78. The molecule has 0 aromatic carbocycles. The molecule has 0 bridgehead atoms. The molecule has 2 N–H and O–H groups in total. The van der Waals surface area contributed by atoms with E-state index in [-0.39, 0.29) is 24.4 Å². The number of hydrogen-bond acceptors (Lipinski definition) is 6. The molecule has 8 nitrogen and oxygen atoms in total. The van der Waals surface area contributed by atoms with E-state index < -0.39 is 0 Å². The summed E-state index contributed by atoms with van der Waals surface area (Å²) in [4.78, 5) is 22.5. The van der Waals surface area contributed by atoms with Gasteiger partial charge in [0.25, 0.3) is 0 Å². The third-order valence-corrected chi connectivity index (χ3v) is 3.25. The minimum absolute atomic E-state index is 0.0988. The summed E-state index contributed by atoms with van der Waals surface area (Å²) in [6.45, 7) is 3.23. The van der Waals surface area contributed by atoms with E-state index in [9.17, 15) is 9.59 Å². The number of epoxide rings is 2. The van der Waals surface area contributed by atoms with Gasteiger partial charge in [0.05, 0.1) is 13.2 Å². The van der Waals surface area contributed by atoms with Crippen molar-refractivity contribution in [2.75, 3.05) is 39.5 Å². The van der Waals surface area contributed by atoms with E-state index in [4.69, 9.17) is 18.9 Å². The highest BCUT2D eigenvalue weighted by molar-refractivity contribution is 5.67. The van der Waals surface area contributed by atoms with Gasteiger partial charge in [-0.25, -0.2) is 9.59 Å². The molecule has 0 aromatic rings. The number of nitrogens with one attached hydrogen (secondary N) is 2. The summed E-state index contributed by atoms with van der Waals surface area (Å²) in [7, 11) is 0. The Balaban J connectivity index is 1.28. The Labute approximate surface area is 129 Å². The van der Waals surface area contributed by atoms with Crippen LogP contribution < -0.4 is 10.6 Å². The van der Waals surface area contributed by atoms with Gasteiger partial charge in [0.15, 0.2) is 0 Å². The molecule has 2 aliphatic rings. The van der Waals surface area contributed by atoms with Gasteiger partial charge < -0.3 is 29.6 Å². The molecule has 2 fully saturated rings. The topological polar surface area (TPSA) is 102 Å². The SMILES string of the molecule is O=C(NCCCCCCNC(=O)OCC1CO1)OCC1CO1. The maximum Gasteiger partial charge on any atom is 0.407 e. The standard InChI is InChI=1S/C14H24N2O6/c17-13(21-9-11-7-19-11)15-5-3-1-2-4-6-16-14(18)22-10-12-8-20-12/h11-12H,1-10H2,(H,15,17)(H,16,18). The van der Waals surface area contributed by atoms with Crippen LogP contribution in [0.2, 0.25) is 0 Å². The van der Waals surface area contributed by atoms with Crippen LogP contribution in [0, 0.1) is 0 Å². The van der Waals surface area contributed by atoms with Crippen LogP contribution >= 0.6 is 0 Å². The summed E-state index contributed by atoms with van der Waals surface area (Å²) in [5, 5.41) is 5.38. The second-order valence-corrected chi connectivity index (χ2v) is 5.38. The molecule has 126 valence electrons. The van der Waals surface area contributed by atoms with Crippen molar-refractivity contribution in [1.29, 1.82) is 0 Å². The van der Waals surface area contributed by atoms with Crippen LogP contribution in [0.4, 0.5) is 9.59 Å². The van der Waals surface area contributed by atoms with Gasteiger partial charge in [-0.05, 0) is 12.8 Å². The fourth-order valence-electron chi connectivity index (χ4n) is 1.75. The van der Waals surface area contributed by atoms with Crippen LogP contribution in [-0.2, 0) is 18.9 Å². The van der Waals surface area contributed by atoms with Gasteiger partial charge in [0.1, 0.15) is 25.4 Å². The highest BCUT2D eigenvalue weighted by atomic mass is 16.6. The number of amides is 2. The lowest BCUT2D eigenvalue weighted by atomic mass is 10.2. The minimum Gasteiger partial charge on any atom is -0.447 e. The first-order chi connectivity index (χ1) is 10.7. The molecule has 0 radical (unpaired) electrons. The molecule has 2 amide bonds. The minimum atomic E-state index is -0.389. The first kappa shape index (κ1) is 16.8. The number of alkyl carbamates (subject to hydrolysis) is 2. The van der Waals surface area contributed by atoms with Crippen molar-refractivity contribution in [3.8, 4) is 0 Å². The number of carbonyl (C=O) groups excluding carboxylic acids is 2. The Kier molecular flexibility index (Phi) is 7.24. The van der Waals surface area contributed by atoms with E-state index in [1.165, 1.54) is 0 Å². The lowest BCUT2D eigenvalue weighted by Gasteiger charge is -2.07. The molecular formula is C14H24N2O6. The van der Waals surface area contributed by atoms with Crippen molar-refractivity contribution in [1.82, 2.24) is 10.6 Å². The van der Waals surface area contributed by atoms with Crippen LogP contribution in [-0.4, -0.2) is 63.9 Å². The van der Waals surface area contributed by atoms with Crippen molar-refractivity contribution >= 4 is 12.2 Å². The molecule has 0 spiro atoms. The number of ether oxygens (including phenoxy) is 4. The smallest absolute Gasteiger partial charge is 0.407 e.